The molecule has 1 aromatic rings. The smallest absolute Gasteiger partial charge is 0.242 e. The SMILES string of the molecule is O=C(CCl)N(c1ccc2c(c1)OCO2)C1CCS(=O)(=O)C1. The summed E-state index contributed by atoms with van der Waals surface area (Å²) in [5.41, 5.74) is 0.576. The van der Waals surface area contributed by atoms with E-state index in [1.54, 1.807) is 18.2 Å². The summed E-state index contributed by atoms with van der Waals surface area (Å²) < 4.78 is 33.8. The molecule has 1 aromatic carbocycles. The number of rotatable bonds is 3. The second kappa shape index (κ2) is 5.38. The van der Waals surface area contributed by atoms with E-state index in [0.29, 0.717) is 23.6 Å². The van der Waals surface area contributed by atoms with E-state index in [-0.39, 0.29) is 36.1 Å². The fourth-order valence-electron chi connectivity index (χ4n) is 2.64. The van der Waals surface area contributed by atoms with E-state index in [1.807, 2.05) is 0 Å². The lowest BCUT2D eigenvalue weighted by Gasteiger charge is -2.27. The number of amides is 1. The number of nitrogens with zero attached hydrogens (tertiary/aromatic N) is 1. The molecule has 114 valence electrons. The van der Waals surface area contributed by atoms with Gasteiger partial charge >= 0.3 is 0 Å². The first-order chi connectivity index (χ1) is 10.00. The number of hydrogen-bond acceptors (Lipinski definition) is 5. The summed E-state index contributed by atoms with van der Waals surface area (Å²) in [6.07, 6.45) is 0.416. The van der Waals surface area contributed by atoms with Crippen molar-refractivity contribution < 1.29 is 22.7 Å². The van der Waals surface area contributed by atoms with Crippen molar-refractivity contribution >= 4 is 33.0 Å². The van der Waals surface area contributed by atoms with Crippen LogP contribution in [0.25, 0.3) is 0 Å². The average molecular weight is 332 g/mol. The largest absolute Gasteiger partial charge is 0.454 e. The number of fused-ring (bicyclic) bond motifs is 1. The molecule has 1 atom stereocenters. The highest BCUT2D eigenvalue weighted by molar-refractivity contribution is 7.91. The second-order valence-electron chi connectivity index (χ2n) is 4.99. The van der Waals surface area contributed by atoms with Gasteiger partial charge in [-0.2, -0.15) is 0 Å². The Balaban J connectivity index is 1.94. The number of anilines is 1. The van der Waals surface area contributed by atoms with Crippen molar-refractivity contribution in [2.75, 3.05) is 29.1 Å². The van der Waals surface area contributed by atoms with E-state index in [4.69, 9.17) is 21.1 Å². The minimum Gasteiger partial charge on any atom is -0.454 e. The Morgan fingerprint density at radius 2 is 2.10 bits per heavy atom. The monoisotopic (exact) mass is 331 g/mol. The molecule has 2 aliphatic rings. The molecular weight excluding hydrogens is 318 g/mol. The van der Waals surface area contributed by atoms with Gasteiger partial charge in [-0.25, -0.2) is 8.42 Å². The van der Waals surface area contributed by atoms with Crippen LogP contribution in [-0.4, -0.2) is 44.5 Å². The van der Waals surface area contributed by atoms with Crippen LogP contribution in [0.15, 0.2) is 18.2 Å². The van der Waals surface area contributed by atoms with Gasteiger partial charge in [0, 0.05) is 11.8 Å². The van der Waals surface area contributed by atoms with Crippen LogP contribution in [0.4, 0.5) is 5.69 Å². The Bertz CT molecular complexity index is 675. The van der Waals surface area contributed by atoms with Crippen LogP contribution < -0.4 is 14.4 Å². The van der Waals surface area contributed by atoms with E-state index >= 15 is 0 Å². The molecule has 2 aliphatic heterocycles. The summed E-state index contributed by atoms with van der Waals surface area (Å²) in [6, 6.07) is 4.71. The van der Waals surface area contributed by atoms with Crippen molar-refractivity contribution in [1.82, 2.24) is 0 Å². The zero-order chi connectivity index (χ0) is 15.0. The van der Waals surface area contributed by atoms with Gasteiger partial charge in [-0.1, -0.05) is 0 Å². The zero-order valence-electron chi connectivity index (χ0n) is 11.1. The predicted octanol–water partition coefficient (Wildman–Crippen LogP) is 1.17. The summed E-state index contributed by atoms with van der Waals surface area (Å²) in [5, 5.41) is 0. The van der Waals surface area contributed by atoms with E-state index in [0.717, 1.165) is 0 Å². The summed E-state index contributed by atoms with van der Waals surface area (Å²) in [4.78, 5) is 13.6. The number of hydrogen-bond donors (Lipinski definition) is 0. The van der Waals surface area contributed by atoms with E-state index in [2.05, 4.69) is 0 Å². The van der Waals surface area contributed by atoms with Crippen molar-refractivity contribution in [2.45, 2.75) is 12.5 Å². The molecule has 1 unspecified atom stereocenters. The molecule has 0 saturated carbocycles. The molecule has 0 aromatic heterocycles. The lowest BCUT2D eigenvalue weighted by atomic mass is 10.1. The third-order valence-electron chi connectivity index (χ3n) is 3.59. The van der Waals surface area contributed by atoms with Crippen molar-refractivity contribution in [2.24, 2.45) is 0 Å². The molecule has 1 fully saturated rings. The number of halogens is 1. The number of benzene rings is 1. The van der Waals surface area contributed by atoms with Crippen molar-refractivity contribution in [3.63, 3.8) is 0 Å². The molecular formula is C13H14ClNO5S. The summed E-state index contributed by atoms with van der Waals surface area (Å²) >= 11 is 5.67. The van der Waals surface area contributed by atoms with Gasteiger partial charge in [0.25, 0.3) is 0 Å². The van der Waals surface area contributed by atoms with E-state index in [9.17, 15) is 13.2 Å². The Morgan fingerprint density at radius 3 is 2.76 bits per heavy atom. The number of sulfone groups is 1. The van der Waals surface area contributed by atoms with Crippen LogP contribution in [0, 0.1) is 0 Å². The Morgan fingerprint density at radius 1 is 1.33 bits per heavy atom. The zero-order valence-corrected chi connectivity index (χ0v) is 12.7. The maximum Gasteiger partial charge on any atom is 0.242 e. The molecule has 21 heavy (non-hydrogen) atoms. The molecule has 1 saturated heterocycles. The van der Waals surface area contributed by atoms with Crippen molar-refractivity contribution in [3.05, 3.63) is 18.2 Å². The number of ether oxygens (including phenoxy) is 2. The van der Waals surface area contributed by atoms with Gasteiger partial charge in [-0.15, -0.1) is 11.6 Å². The van der Waals surface area contributed by atoms with Gasteiger partial charge in [-0.05, 0) is 18.6 Å². The third kappa shape index (κ3) is 2.80. The molecule has 0 bridgehead atoms. The highest BCUT2D eigenvalue weighted by Gasteiger charge is 2.35. The number of carbonyl (C=O) groups excluding carboxylic acids is 1. The van der Waals surface area contributed by atoms with Crippen LogP contribution in [0.1, 0.15) is 6.42 Å². The van der Waals surface area contributed by atoms with Crippen molar-refractivity contribution in [3.8, 4) is 11.5 Å². The first-order valence-electron chi connectivity index (χ1n) is 6.48. The lowest BCUT2D eigenvalue weighted by molar-refractivity contribution is -0.116. The first-order valence-corrected chi connectivity index (χ1v) is 8.84. The van der Waals surface area contributed by atoms with Gasteiger partial charge in [-0.3, -0.25) is 4.79 Å². The Labute approximate surface area is 127 Å². The van der Waals surface area contributed by atoms with E-state index < -0.39 is 9.84 Å². The van der Waals surface area contributed by atoms with Gasteiger partial charge < -0.3 is 14.4 Å². The third-order valence-corrected chi connectivity index (χ3v) is 5.57. The molecule has 8 heteroatoms. The van der Waals surface area contributed by atoms with Gasteiger partial charge in [0.1, 0.15) is 5.88 Å². The normalized spacial score (nSPS) is 22.2. The molecule has 0 N–H and O–H groups in total. The Hall–Kier alpha value is -1.47. The van der Waals surface area contributed by atoms with Gasteiger partial charge in [0.05, 0.1) is 17.5 Å². The molecule has 6 nitrogen and oxygen atoms in total. The minimum absolute atomic E-state index is 0.0376. The lowest BCUT2D eigenvalue weighted by Crippen LogP contribution is -2.42. The minimum atomic E-state index is -3.09. The molecule has 1 amide bonds. The maximum absolute atomic E-state index is 12.1. The molecule has 0 spiro atoms. The first kappa shape index (κ1) is 14.5. The predicted molar refractivity (Wildman–Crippen MR) is 77.8 cm³/mol. The van der Waals surface area contributed by atoms with Crippen LogP contribution in [0.2, 0.25) is 0 Å². The fourth-order valence-corrected chi connectivity index (χ4v) is 4.47. The maximum atomic E-state index is 12.1. The number of carbonyl (C=O) groups is 1. The highest BCUT2D eigenvalue weighted by atomic mass is 35.5. The Kier molecular flexibility index (Phi) is 3.71. The molecule has 2 heterocycles. The van der Waals surface area contributed by atoms with Gasteiger partial charge in [0.15, 0.2) is 21.3 Å². The second-order valence-corrected chi connectivity index (χ2v) is 7.49. The number of alkyl halides is 1. The average Bonchev–Trinajstić information content (AvgIpc) is 3.04. The molecule has 0 aliphatic carbocycles. The highest BCUT2D eigenvalue weighted by Crippen LogP contribution is 2.37. The summed E-state index contributed by atoms with van der Waals surface area (Å²) in [7, 11) is -3.09. The van der Waals surface area contributed by atoms with Gasteiger partial charge in [0.2, 0.25) is 12.7 Å². The quantitative estimate of drug-likeness (QED) is 0.777. The molecule has 0 radical (unpaired) electrons. The van der Waals surface area contributed by atoms with E-state index in [1.165, 1.54) is 4.90 Å². The summed E-state index contributed by atoms with van der Waals surface area (Å²) in [5.74, 6) is 0.679. The summed E-state index contributed by atoms with van der Waals surface area (Å²) in [6.45, 7) is 0.139. The van der Waals surface area contributed by atoms with Crippen molar-refractivity contribution in [1.29, 1.82) is 0 Å². The van der Waals surface area contributed by atoms with Crippen LogP contribution in [0.3, 0.4) is 0 Å². The topological polar surface area (TPSA) is 72.9 Å². The van der Waals surface area contributed by atoms with Crippen LogP contribution >= 0.6 is 11.6 Å². The molecule has 3 rings (SSSR count). The standard InChI is InChI=1S/C13H14ClNO5S/c14-6-13(16)15(10-3-4-21(17,18)7-10)9-1-2-11-12(5-9)20-8-19-11/h1-2,5,10H,3-4,6-8H2. The van der Waals surface area contributed by atoms with Crippen LogP contribution in [-0.2, 0) is 14.6 Å². The fraction of sp³-hybridized carbons (Fsp3) is 0.462. The van der Waals surface area contributed by atoms with Crippen LogP contribution in [0.5, 0.6) is 11.5 Å².